The highest BCUT2D eigenvalue weighted by Gasteiger charge is 2.68. The van der Waals surface area contributed by atoms with Gasteiger partial charge in [-0.25, -0.2) is 0 Å². The molecule has 3 aliphatic carbocycles. The minimum Gasteiger partial charge on any atom is -0.461 e. The van der Waals surface area contributed by atoms with Gasteiger partial charge in [0.05, 0.1) is 19.2 Å². The van der Waals surface area contributed by atoms with Crippen molar-refractivity contribution >= 4 is 23.3 Å². The molecule has 3 saturated carbocycles. The molecule has 6 rings (SSSR count). The number of aliphatic hydroxyl groups is 1. The Kier molecular flexibility index (Phi) is 9.88. The predicted octanol–water partition coefficient (Wildman–Crippen LogP) is 4.17. The summed E-state index contributed by atoms with van der Waals surface area (Å²) in [6.45, 7) is 21.3. The molecule has 9 heteroatoms. The van der Waals surface area contributed by atoms with Crippen molar-refractivity contribution in [3.05, 3.63) is 42.5 Å². The number of anilines is 1. The summed E-state index contributed by atoms with van der Waals surface area (Å²) in [5, 5.41) is 11.8. The number of esters is 1. The number of ketones is 1. The SMILES string of the molecule is C=C[C@]1(C)C[C@@H](OC(=O)CN2CCN(C(=O)CN3CCN(c4cccc(C)c4)CC3)CC2)[C@]2(C)[C@H](C)CC[C@]3(CCC(=O)[C@H]32)[C@@H](C)[C@@H]1O. The van der Waals surface area contributed by atoms with Crippen LogP contribution in [0.5, 0.6) is 0 Å². The zero-order valence-corrected chi connectivity index (χ0v) is 30.0. The van der Waals surface area contributed by atoms with Crippen LogP contribution in [0.1, 0.15) is 65.4 Å². The van der Waals surface area contributed by atoms with Crippen LogP contribution in [0.4, 0.5) is 5.69 Å². The number of hydrogen-bond acceptors (Lipinski definition) is 8. The van der Waals surface area contributed by atoms with Crippen molar-refractivity contribution in [2.24, 2.45) is 34.0 Å². The Hall–Kier alpha value is -2.75. The van der Waals surface area contributed by atoms with Crippen LogP contribution in [-0.4, -0.2) is 115 Å². The molecule has 48 heavy (non-hydrogen) atoms. The van der Waals surface area contributed by atoms with Crippen molar-refractivity contribution in [2.75, 3.05) is 70.3 Å². The molecular weight excluding hydrogens is 604 g/mol. The molecule has 2 saturated heterocycles. The Morgan fingerprint density at radius 1 is 1.00 bits per heavy atom. The quantitative estimate of drug-likeness (QED) is 0.344. The van der Waals surface area contributed by atoms with Crippen LogP contribution in [0.2, 0.25) is 0 Å². The monoisotopic (exact) mass is 662 g/mol. The van der Waals surface area contributed by atoms with Crippen LogP contribution >= 0.6 is 0 Å². The van der Waals surface area contributed by atoms with E-state index in [1.165, 1.54) is 11.3 Å². The van der Waals surface area contributed by atoms with Gasteiger partial charge in [-0.3, -0.25) is 24.2 Å². The Morgan fingerprint density at radius 2 is 1.67 bits per heavy atom. The number of benzene rings is 1. The van der Waals surface area contributed by atoms with E-state index in [0.717, 1.165) is 45.4 Å². The molecule has 2 bridgehead atoms. The van der Waals surface area contributed by atoms with Crippen molar-refractivity contribution in [1.82, 2.24) is 14.7 Å². The maximum atomic E-state index is 13.7. The zero-order chi connectivity index (χ0) is 34.4. The number of carbonyl (C=O) groups excluding carboxylic acids is 3. The fourth-order valence-corrected chi connectivity index (χ4v) is 10.3. The maximum absolute atomic E-state index is 13.7. The lowest BCUT2D eigenvalue weighted by molar-refractivity contribution is -0.207. The molecular formula is C39H58N4O5. The first-order chi connectivity index (χ1) is 22.8. The van der Waals surface area contributed by atoms with E-state index < -0.39 is 23.0 Å². The summed E-state index contributed by atoms with van der Waals surface area (Å²) in [5.74, 6) is 0.0349. The van der Waals surface area contributed by atoms with Gasteiger partial charge in [0.2, 0.25) is 5.91 Å². The standard InChI is InChI=1S/C39H58N4O5/c1-7-37(5)24-32(38(6)28(3)11-13-39(29(4)36(37)47)14-12-31(44)35(38)39)48-34(46)26-41-17-21-43(22-18-41)33(45)25-40-15-19-42(20-16-40)30-10-8-9-27(2)23-30/h7-10,23,28-29,32,35-36,47H,1,11-22,24-26H2,2-6H3/t28-,29+,32-,35+,36+,37-,38+,39+/m1/s1. The van der Waals surface area contributed by atoms with Crippen molar-refractivity contribution < 1.29 is 24.2 Å². The highest BCUT2D eigenvalue weighted by molar-refractivity contribution is 5.86. The van der Waals surface area contributed by atoms with Crippen LogP contribution < -0.4 is 4.90 Å². The van der Waals surface area contributed by atoms with E-state index in [1.807, 2.05) is 17.9 Å². The van der Waals surface area contributed by atoms with Gasteiger partial charge in [0.25, 0.3) is 0 Å². The third-order valence-corrected chi connectivity index (χ3v) is 13.8. The van der Waals surface area contributed by atoms with Crippen molar-refractivity contribution in [3.63, 3.8) is 0 Å². The maximum Gasteiger partial charge on any atom is 0.320 e. The highest BCUT2D eigenvalue weighted by Crippen LogP contribution is 2.68. The van der Waals surface area contributed by atoms with Crippen molar-refractivity contribution in [2.45, 2.75) is 78.9 Å². The normalized spacial score (nSPS) is 37.8. The smallest absolute Gasteiger partial charge is 0.320 e. The lowest BCUT2D eigenvalue weighted by Crippen LogP contribution is -2.63. The van der Waals surface area contributed by atoms with Gasteiger partial charge in [-0.2, -0.15) is 0 Å². The van der Waals surface area contributed by atoms with E-state index in [2.05, 4.69) is 73.2 Å². The van der Waals surface area contributed by atoms with Gasteiger partial charge < -0.3 is 19.6 Å². The molecule has 0 spiro atoms. The van der Waals surface area contributed by atoms with E-state index in [0.29, 0.717) is 45.6 Å². The van der Waals surface area contributed by atoms with Gasteiger partial charge in [0.15, 0.2) is 0 Å². The average molecular weight is 663 g/mol. The summed E-state index contributed by atoms with van der Waals surface area (Å²) < 4.78 is 6.46. The first-order valence-corrected chi connectivity index (χ1v) is 18.4. The second-order valence-electron chi connectivity index (χ2n) is 16.3. The first kappa shape index (κ1) is 35.1. The number of nitrogens with zero attached hydrogens (tertiary/aromatic N) is 4. The summed E-state index contributed by atoms with van der Waals surface area (Å²) >= 11 is 0. The lowest BCUT2D eigenvalue weighted by Gasteiger charge is -2.61. The van der Waals surface area contributed by atoms with E-state index in [4.69, 9.17) is 4.74 Å². The largest absolute Gasteiger partial charge is 0.461 e. The lowest BCUT2D eigenvalue weighted by atomic mass is 9.44. The number of ether oxygens (including phenoxy) is 1. The fourth-order valence-electron chi connectivity index (χ4n) is 10.3. The van der Waals surface area contributed by atoms with E-state index in [9.17, 15) is 19.5 Å². The minimum atomic E-state index is -0.676. The van der Waals surface area contributed by atoms with Crippen molar-refractivity contribution in [1.29, 1.82) is 0 Å². The van der Waals surface area contributed by atoms with Gasteiger partial charge in [0, 0.05) is 81.2 Å². The number of amides is 1. The molecule has 5 fully saturated rings. The second kappa shape index (κ2) is 13.5. The minimum absolute atomic E-state index is 0.0531. The second-order valence-corrected chi connectivity index (χ2v) is 16.3. The van der Waals surface area contributed by atoms with Crippen LogP contribution in [0.25, 0.3) is 0 Å². The summed E-state index contributed by atoms with van der Waals surface area (Å²) in [7, 11) is 0. The number of Topliss-reactive ketones (excluding diaryl/α,β-unsaturated/α-hetero) is 1. The van der Waals surface area contributed by atoms with Crippen molar-refractivity contribution in [3.8, 4) is 0 Å². The highest BCUT2D eigenvalue weighted by atomic mass is 16.5. The summed E-state index contributed by atoms with van der Waals surface area (Å²) in [6, 6.07) is 8.58. The van der Waals surface area contributed by atoms with Crippen LogP contribution in [0.15, 0.2) is 36.9 Å². The molecule has 2 heterocycles. The third kappa shape index (κ3) is 6.24. The Labute approximate surface area is 287 Å². The van der Waals surface area contributed by atoms with E-state index in [-0.39, 0.29) is 47.4 Å². The van der Waals surface area contributed by atoms with Crippen LogP contribution in [0, 0.1) is 40.9 Å². The Morgan fingerprint density at radius 3 is 2.33 bits per heavy atom. The molecule has 264 valence electrons. The summed E-state index contributed by atoms with van der Waals surface area (Å²) in [5.41, 5.74) is 1.05. The number of rotatable bonds is 7. The number of hydrogen-bond donors (Lipinski definition) is 1. The molecule has 0 unspecified atom stereocenters. The Bertz CT molecular complexity index is 1390. The molecule has 1 N–H and O–H groups in total. The molecule has 0 aromatic heterocycles. The molecule has 1 aromatic carbocycles. The summed E-state index contributed by atoms with van der Waals surface area (Å²) in [4.78, 5) is 49.3. The van der Waals surface area contributed by atoms with E-state index in [1.54, 1.807) is 0 Å². The fraction of sp³-hybridized carbons (Fsp3) is 0.718. The van der Waals surface area contributed by atoms with Gasteiger partial charge in [0.1, 0.15) is 11.9 Å². The Balaban J connectivity index is 1.05. The molecule has 1 aromatic rings. The predicted molar refractivity (Wildman–Crippen MR) is 187 cm³/mol. The molecule has 9 nitrogen and oxygen atoms in total. The molecule has 2 aliphatic heterocycles. The number of aryl methyl sites for hydroxylation is 1. The number of carbonyl (C=O) groups is 3. The first-order valence-electron chi connectivity index (χ1n) is 18.4. The van der Waals surface area contributed by atoms with Crippen LogP contribution in [0.3, 0.4) is 0 Å². The van der Waals surface area contributed by atoms with E-state index >= 15 is 0 Å². The number of aliphatic hydroxyl groups excluding tert-OH is 1. The van der Waals surface area contributed by atoms with Gasteiger partial charge >= 0.3 is 5.97 Å². The molecule has 0 radical (unpaired) electrons. The van der Waals surface area contributed by atoms with Gasteiger partial charge in [-0.1, -0.05) is 45.9 Å². The zero-order valence-electron chi connectivity index (χ0n) is 30.0. The van der Waals surface area contributed by atoms with Crippen LogP contribution in [-0.2, 0) is 19.1 Å². The van der Waals surface area contributed by atoms with Gasteiger partial charge in [-0.15, -0.1) is 6.58 Å². The summed E-state index contributed by atoms with van der Waals surface area (Å²) in [6.07, 6.45) is 4.28. The number of piperazine rings is 2. The third-order valence-electron chi connectivity index (χ3n) is 13.8. The average Bonchev–Trinajstić information content (AvgIpc) is 3.43. The molecule has 1 amide bonds. The molecule has 8 atom stereocenters. The van der Waals surface area contributed by atoms with Gasteiger partial charge in [-0.05, 0) is 67.6 Å². The molecule has 5 aliphatic rings. The topological polar surface area (TPSA) is 93.6 Å².